The van der Waals surface area contributed by atoms with Crippen LogP contribution >= 0.6 is 0 Å². The molecule has 23 heavy (non-hydrogen) atoms. The zero-order valence-corrected chi connectivity index (χ0v) is 15.9. The van der Waals surface area contributed by atoms with E-state index in [0.717, 1.165) is 0 Å². The molecular formula is C15H29FN4O2Si. The van der Waals surface area contributed by atoms with Crippen molar-refractivity contribution in [2.45, 2.75) is 76.7 Å². The van der Waals surface area contributed by atoms with E-state index in [0.29, 0.717) is 18.3 Å². The fraction of sp³-hybridized carbons (Fsp3) is 0.800. The van der Waals surface area contributed by atoms with Crippen molar-refractivity contribution in [3.63, 3.8) is 0 Å². The van der Waals surface area contributed by atoms with Gasteiger partial charge in [-0.05, 0) is 16.1 Å². The van der Waals surface area contributed by atoms with E-state index in [1.54, 1.807) is 10.9 Å². The molecule has 0 aromatic carbocycles. The molecule has 0 bridgehead atoms. The minimum atomic E-state index is -3.08. The van der Waals surface area contributed by atoms with Crippen molar-refractivity contribution in [1.82, 2.24) is 15.0 Å². The van der Waals surface area contributed by atoms with Crippen molar-refractivity contribution in [3.05, 3.63) is 11.9 Å². The highest BCUT2D eigenvalue weighted by Crippen LogP contribution is 2.54. The van der Waals surface area contributed by atoms with Crippen LogP contribution < -0.4 is 5.73 Å². The van der Waals surface area contributed by atoms with Gasteiger partial charge in [0.05, 0.1) is 5.69 Å². The molecule has 1 atom stereocenters. The van der Waals surface area contributed by atoms with Gasteiger partial charge in [-0.2, -0.15) is 0 Å². The molecule has 6 nitrogen and oxygen atoms in total. The summed E-state index contributed by atoms with van der Waals surface area (Å²) in [7, 11) is -3.08. The molecule has 0 spiro atoms. The molecule has 132 valence electrons. The summed E-state index contributed by atoms with van der Waals surface area (Å²) in [5.74, 6) is -1.07. The van der Waals surface area contributed by atoms with Gasteiger partial charge in [0.1, 0.15) is 6.04 Å². The summed E-state index contributed by atoms with van der Waals surface area (Å²) in [5.41, 5.74) is 6.00. The first-order chi connectivity index (χ1) is 10.3. The third-order valence-electron chi connectivity index (χ3n) is 4.40. The summed E-state index contributed by atoms with van der Waals surface area (Å²) in [6, 6.07) is -0.563. The normalized spacial score (nSPS) is 14.8. The van der Waals surface area contributed by atoms with Crippen molar-refractivity contribution in [3.8, 4) is 0 Å². The largest absolute Gasteiger partial charge is 0.480 e. The lowest BCUT2D eigenvalue weighted by Gasteiger charge is -2.44. The Morgan fingerprint density at radius 1 is 1.35 bits per heavy atom. The average Bonchev–Trinajstić information content (AvgIpc) is 2.80. The molecule has 0 radical (unpaired) electrons. The fourth-order valence-corrected chi connectivity index (χ4v) is 7.28. The first kappa shape index (κ1) is 19.8. The number of hydrogen-bond acceptors (Lipinski definition) is 4. The summed E-state index contributed by atoms with van der Waals surface area (Å²) >= 11 is 0. The number of rotatable bonds is 6. The van der Waals surface area contributed by atoms with Crippen LogP contribution in [0, 0.1) is 0 Å². The molecule has 0 aliphatic heterocycles. The number of nitrogens with zero attached hydrogens (tertiary/aromatic N) is 3. The van der Waals surface area contributed by atoms with E-state index in [4.69, 9.17) is 10.8 Å². The van der Waals surface area contributed by atoms with Crippen molar-refractivity contribution < 1.29 is 14.0 Å². The van der Waals surface area contributed by atoms with E-state index < -0.39 is 20.4 Å². The highest BCUT2D eigenvalue weighted by molar-refractivity contribution is 6.78. The van der Waals surface area contributed by atoms with Gasteiger partial charge in [-0.1, -0.05) is 46.8 Å². The first-order valence-electron chi connectivity index (χ1n) is 7.84. The van der Waals surface area contributed by atoms with E-state index >= 15 is 4.11 Å². The first-order valence-corrected chi connectivity index (χ1v) is 9.93. The highest BCUT2D eigenvalue weighted by Gasteiger charge is 2.54. The van der Waals surface area contributed by atoms with Crippen molar-refractivity contribution in [2.24, 2.45) is 5.73 Å². The Kier molecular flexibility index (Phi) is 5.74. The number of hydrogen-bond donors (Lipinski definition) is 2. The Labute approximate surface area is 138 Å². The van der Waals surface area contributed by atoms with Crippen LogP contribution in [0.25, 0.3) is 0 Å². The van der Waals surface area contributed by atoms with Gasteiger partial charge < -0.3 is 14.9 Å². The van der Waals surface area contributed by atoms with E-state index in [2.05, 4.69) is 10.3 Å². The minimum Gasteiger partial charge on any atom is -0.480 e. The van der Waals surface area contributed by atoms with E-state index in [1.165, 1.54) is 0 Å². The van der Waals surface area contributed by atoms with Gasteiger partial charge >= 0.3 is 5.97 Å². The number of carbonyl (C=O) groups is 1. The number of halogens is 1. The van der Waals surface area contributed by atoms with Crippen molar-refractivity contribution >= 4 is 14.4 Å². The van der Waals surface area contributed by atoms with Gasteiger partial charge in [-0.15, -0.1) is 5.10 Å². The SMILES string of the molecule is CC(C)(C)[Si](F)(CCn1cc(CC(N)C(=O)O)nn1)C(C)(C)C. The lowest BCUT2D eigenvalue weighted by Crippen LogP contribution is -2.48. The van der Waals surface area contributed by atoms with Gasteiger partial charge in [0.15, 0.2) is 0 Å². The molecule has 1 rings (SSSR count). The topological polar surface area (TPSA) is 94.0 Å². The summed E-state index contributed by atoms with van der Waals surface area (Å²) in [5, 5.41) is 16.0. The third-order valence-corrected chi connectivity index (χ3v) is 10.1. The summed E-state index contributed by atoms with van der Waals surface area (Å²) < 4.78 is 17.4. The molecule has 1 heterocycles. The number of carboxylic acids is 1. The Balaban J connectivity index is 2.81. The number of aryl methyl sites for hydroxylation is 1. The maximum atomic E-state index is 15.8. The molecule has 1 aromatic rings. The van der Waals surface area contributed by atoms with E-state index in [-0.39, 0.29) is 16.5 Å². The van der Waals surface area contributed by atoms with Crippen LogP contribution in [0.5, 0.6) is 0 Å². The Hall–Kier alpha value is -1.28. The van der Waals surface area contributed by atoms with Gasteiger partial charge in [0.25, 0.3) is 8.41 Å². The Bertz CT molecular complexity index is 534. The van der Waals surface area contributed by atoms with Crippen LogP contribution in [0.1, 0.15) is 47.2 Å². The fourth-order valence-electron chi connectivity index (χ4n) is 3.00. The molecule has 1 unspecified atom stereocenters. The van der Waals surface area contributed by atoms with Gasteiger partial charge in [0, 0.05) is 19.2 Å². The van der Waals surface area contributed by atoms with Crippen LogP contribution in [-0.4, -0.2) is 40.5 Å². The lowest BCUT2D eigenvalue weighted by molar-refractivity contribution is -0.138. The lowest BCUT2D eigenvalue weighted by atomic mass is 10.2. The predicted molar refractivity (Wildman–Crippen MR) is 90.4 cm³/mol. The predicted octanol–water partition coefficient (Wildman–Crippen LogP) is 2.75. The molecule has 3 N–H and O–H groups in total. The molecular weight excluding hydrogens is 315 g/mol. The zero-order valence-electron chi connectivity index (χ0n) is 14.9. The number of aliphatic carboxylic acids is 1. The van der Waals surface area contributed by atoms with Crippen LogP contribution in [0.2, 0.25) is 16.1 Å². The van der Waals surface area contributed by atoms with Crippen LogP contribution in [0.3, 0.4) is 0 Å². The maximum absolute atomic E-state index is 15.8. The zero-order chi connectivity index (χ0) is 18.1. The second-order valence-electron chi connectivity index (χ2n) is 8.17. The van der Waals surface area contributed by atoms with Crippen LogP contribution in [-0.2, 0) is 17.8 Å². The maximum Gasteiger partial charge on any atom is 0.320 e. The minimum absolute atomic E-state index is 0.117. The third kappa shape index (κ3) is 4.60. The second kappa shape index (κ2) is 6.68. The Morgan fingerprint density at radius 3 is 2.30 bits per heavy atom. The van der Waals surface area contributed by atoms with Crippen molar-refractivity contribution in [2.75, 3.05) is 0 Å². The average molecular weight is 345 g/mol. The van der Waals surface area contributed by atoms with Gasteiger partial charge in [-0.3, -0.25) is 9.48 Å². The highest BCUT2D eigenvalue weighted by atomic mass is 28.4. The Morgan fingerprint density at radius 2 is 1.87 bits per heavy atom. The molecule has 1 aromatic heterocycles. The van der Waals surface area contributed by atoms with E-state index in [1.807, 2.05) is 41.5 Å². The second-order valence-corrected chi connectivity index (χ2v) is 13.3. The standard InChI is InChI=1S/C15H29FN4O2Si/c1-14(2,3)23(16,15(4,5)6)8-7-20-10-11(18-19-20)9-12(17)13(21)22/h10,12H,7-9,17H2,1-6H3,(H,21,22). The number of nitrogens with two attached hydrogens (primary N) is 1. The quantitative estimate of drug-likeness (QED) is 0.611. The van der Waals surface area contributed by atoms with Crippen molar-refractivity contribution in [1.29, 1.82) is 0 Å². The van der Waals surface area contributed by atoms with Gasteiger partial charge in [-0.25, -0.2) is 0 Å². The molecule has 0 amide bonds. The molecule has 0 aliphatic carbocycles. The van der Waals surface area contributed by atoms with Crippen LogP contribution in [0.15, 0.2) is 6.20 Å². The van der Waals surface area contributed by atoms with E-state index in [9.17, 15) is 4.79 Å². The van der Waals surface area contributed by atoms with Gasteiger partial charge in [0.2, 0.25) is 0 Å². The summed E-state index contributed by atoms with van der Waals surface area (Å²) in [6.07, 6.45) is 1.77. The summed E-state index contributed by atoms with van der Waals surface area (Å²) in [4.78, 5) is 10.8. The monoisotopic (exact) mass is 344 g/mol. The molecule has 0 fully saturated rings. The van der Waals surface area contributed by atoms with Crippen LogP contribution in [0.4, 0.5) is 4.11 Å². The molecule has 0 saturated heterocycles. The summed E-state index contributed by atoms with van der Waals surface area (Å²) in [6.45, 7) is 12.2. The molecule has 0 saturated carbocycles. The number of carboxylic acid groups (broad SMARTS) is 1. The number of aromatic nitrogens is 3. The smallest absolute Gasteiger partial charge is 0.320 e. The molecule has 8 heteroatoms. The molecule has 0 aliphatic rings.